The number of methoxy groups -OCH3 is 1. The lowest BCUT2D eigenvalue weighted by Gasteiger charge is -2.40. The number of para-hydroxylation sites is 1. The summed E-state index contributed by atoms with van der Waals surface area (Å²) in [4.78, 5) is 25.1. The fourth-order valence-corrected chi connectivity index (χ4v) is 4.36. The smallest absolute Gasteiger partial charge is 0.409 e. The van der Waals surface area contributed by atoms with Crippen LogP contribution in [-0.4, -0.2) is 44.6 Å². The minimum atomic E-state index is -0.527. The van der Waals surface area contributed by atoms with E-state index in [9.17, 15) is 9.59 Å². The van der Waals surface area contributed by atoms with Crippen LogP contribution in [0.15, 0.2) is 54.6 Å². The first-order valence-corrected chi connectivity index (χ1v) is 11.5. The van der Waals surface area contributed by atoms with Gasteiger partial charge in [0, 0.05) is 12.0 Å². The first kappa shape index (κ1) is 25.1. The molecule has 1 aliphatic rings. The normalized spacial score (nSPS) is 20.4. The molecule has 0 aliphatic heterocycles. The molecule has 3 rings (SSSR count). The molecule has 1 fully saturated rings. The Labute approximate surface area is 201 Å². The molecule has 2 aromatic rings. The average Bonchev–Trinajstić information content (AvgIpc) is 2.87. The van der Waals surface area contributed by atoms with Crippen LogP contribution in [-0.2, 0) is 14.9 Å². The minimum Gasteiger partial charge on any atom is -0.496 e. The predicted molar refractivity (Wildman–Crippen MR) is 130 cm³/mol. The van der Waals surface area contributed by atoms with E-state index < -0.39 is 12.3 Å². The van der Waals surface area contributed by atoms with Crippen LogP contribution < -0.4 is 15.4 Å². The molecular formula is C27H32N2O5. The summed E-state index contributed by atoms with van der Waals surface area (Å²) in [5.74, 6) is 2.73. The third-order valence-corrected chi connectivity index (χ3v) is 6.23. The zero-order valence-corrected chi connectivity index (χ0v) is 19.7. The Morgan fingerprint density at radius 1 is 1.12 bits per heavy atom. The van der Waals surface area contributed by atoms with Crippen molar-refractivity contribution in [1.82, 2.24) is 10.6 Å². The van der Waals surface area contributed by atoms with Gasteiger partial charge in [-0.15, -0.1) is 6.42 Å². The summed E-state index contributed by atoms with van der Waals surface area (Å²) in [5, 5.41) is 5.75. The lowest BCUT2D eigenvalue weighted by Crippen LogP contribution is -2.45. The number of benzene rings is 2. The van der Waals surface area contributed by atoms with Crippen LogP contribution in [0.25, 0.3) is 0 Å². The molecule has 180 valence electrons. The Kier molecular flexibility index (Phi) is 8.94. The number of carbonyl (C=O) groups is 2. The van der Waals surface area contributed by atoms with Gasteiger partial charge in [-0.3, -0.25) is 10.1 Å². The molecule has 2 amide bonds. The van der Waals surface area contributed by atoms with Gasteiger partial charge >= 0.3 is 6.09 Å². The van der Waals surface area contributed by atoms with Gasteiger partial charge in [0.05, 0.1) is 12.7 Å². The maximum atomic E-state index is 12.9. The summed E-state index contributed by atoms with van der Waals surface area (Å²) in [6.07, 6.45) is 6.82. The van der Waals surface area contributed by atoms with Crippen molar-refractivity contribution < 1.29 is 23.8 Å². The highest BCUT2D eigenvalue weighted by Crippen LogP contribution is 2.40. The van der Waals surface area contributed by atoms with Crippen molar-refractivity contribution in [2.45, 2.75) is 50.4 Å². The number of nitrogens with one attached hydrogen (secondary N) is 2. The molecule has 1 aliphatic carbocycles. The number of terminal acetylenes is 1. The predicted octanol–water partition coefficient (Wildman–Crippen LogP) is 4.03. The third kappa shape index (κ3) is 6.52. The van der Waals surface area contributed by atoms with Gasteiger partial charge in [0.15, 0.2) is 0 Å². The first-order valence-electron chi connectivity index (χ1n) is 11.5. The largest absolute Gasteiger partial charge is 0.496 e. The van der Waals surface area contributed by atoms with Crippen molar-refractivity contribution in [3.05, 3.63) is 65.7 Å². The Balaban J connectivity index is 1.64. The van der Waals surface area contributed by atoms with E-state index in [4.69, 9.17) is 20.6 Å². The molecule has 7 heteroatoms. The van der Waals surface area contributed by atoms with E-state index in [1.165, 1.54) is 0 Å². The number of carbonyl (C=O) groups excluding carboxylic acids is 2. The van der Waals surface area contributed by atoms with Crippen LogP contribution in [0.5, 0.6) is 5.75 Å². The van der Waals surface area contributed by atoms with Gasteiger partial charge in [-0.2, -0.15) is 0 Å². The second-order valence-electron chi connectivity index (χ2n) is 8.44. The number of alkyl carbamates (subject to hydrolysis) is 1. The molecule has 1 saturated carbocycles. The van der Waals surface area contributed by atoms with Crippen LogP contribution >= 0.6 is 0 Å². The Bertz CT molecular complexity index is 994. The summed E-state index contributed by atoms with van der Waals surface area (Å²) >= 11 is 0. The quantitative estimate of drug-likeness (QED) is 0.432. The molecule has 1 atom stereocenters. The van der Waals surface area contributed by atoms with Crippen LogP contribution in [0.4, 0.5) is 4.79 Å². The number of amides is 2. The second kappa shape index (κ2) is 12.1. The van der Waals surface area contributed by atoms with Gasteiger partial charge in [-0.05, 0) is 50.3 Å². The highest BCUT2D eigenvalue weighted by atomic mass is 16.6. The van der Waals surface area contributed by atoms with Gasteiger partial charge in [-0.25, -0.2) is 4.79 Å². The van der Waals surface area contributed by atoms with Crippen molar-refractivity contribution in [3.63, 3.8) is 0 Å². The van der Waals surface area contributed by atoms with E-state index >= 15 is 0 Å². The molecule has 34 heavy (non-hydrogen) atoms. The van der Waals surface area contributed by atoms with Crippen LogP contribution in [0.1, 0.15) is 48.5 Å². The molecule has 0 radical (unpaired) electrons. The van der Waals surface area contributed by atoms with E-state index in [1.54, 1.807) is 26.2 Å². The molecule has 0 aromatic heterocycles. The fourth-order valence-electron chi connectivity index (χ4n) is 4.36. The van der Waals surface area contributed by atoms with Gasteiger partial charge in [0.2, 0.25) is 0 Å². The molecule has 0 spiro atoms. The number of hydrogen-bond donors (Lipinski definition) is 2. The maximum Gasteiger partial charge on any atom is 0.409 e. The molecule has 2 N–H and O–H groups in total. The number of hydrogen-bond acceptors (Lipinski definition) is 5. The molecule has 2 aromatic carbocycles. The number of rotatable bonds is 9. The first-order chi connectivity index (χ1) is 16.5. The molecule has 0 bridgehead atoms. The van der Waals surface area contributed by atoms with E-state index in [1.807, 2.05) is 30.3 Å². The summed E-state index contributed by atoms with van der Waals surface area (Å²) in [5.41, 5.74) is 1.41. The van der Waals surface area contributed by atoms with Gasteiger partial charge in [0.25, 0.3) is 5.91 Å². The Morgan fingerprint density at radius 2 is 1.79 bits per heavy atom. The highest BCUT2D eigenvalue weighted by molar-refractivity contribution is 5.97. The summed E-state index contributed by atoms with van der Waals surface area (Å²) in [7, 11) is 1.55. The zero-order chi connectivity index (χ0) is 24.4. The molecule has 7 nitrogen and oxygen atoms in total. The van der Waals surface area contributed by atoms with Gasteiger partial charge in [0.1, 0.15) is 24.7 Å². The lowest BCUT2D eigenvalue weighted by molar-refractivity contribution is 0.0277. The van der Waals surface area contributed by atoms with Gasteiger partial charge < -0.3 is 19.5 Å². The van der Waals surface area contributed by atoms with E-state index in [0.717, 1.165) is 18.4 Å². The van der Waals surface area contributed by atoms with Crippen molar-refractivity contribution in [2.75, 3.05) is 20.3 Å². The summed E-state index contributed by atoms with van der Waals surface area (Å²) in [6.45, 7) is 2.29. The highest BCUT2D eigenvalue weighted by Gasteiger charge is 2.38. The van der Waals surface area contributed by atoms with E-state index in [0.29, 0.717) is 30.7 Å². The van der Waals surface area contributed by atoms with Crippen molar-refractivity contribution >= 4 is 12.0 Å². The Morgan fingerprint density at radius 3 is 2.47 bits per heavy atom. The molecule has 1 unspecified atom stereocenters. The van der Waals surface area contributed by atoms with E-state index in [2.05, 4.69) is 28.7 Å². The molecular weight excluding hydrogens is 432 g/mol. The topological polar surface area (TPSA) is 85.9 Å². The van der Waals surface area contributed by atoms with Crippen molar-refractivity contribution in [1.29, 1.82) is 0 Å². The monoisotopic (exact) mass is 464 g/mol. The Hall–Kier alpha value is -3.50. The van der Waals surface area contributed by atoms with Crippen LogP contribution in [0, 0.1) is 12.3 Å². The molecule has 0 saturated heterocycles. The second-order valence-corrected chi connectivity index (χ2v) is 8.44. The van der Waals surface area contributed by atoms with Crippen molar-refractivity contribution in [3.8, 4) is 18.1 Å². The zero-order valence-electron chi connectivity index (χ0n) is 19.7. The van der Waals surface area contributed by atoms with E-state index in [-0.39, 0.29) is 24.0 Å². The maximum absolute atomic E-state index is 12.9. The standard InChI is InChI=1S/C27H32N2O5/c1-4-18-33-20(2)29-26(31)34-22-14-16-27(17-15-22,21-10-6-5-7-11-21)19-28-25(30)23-12-8-9-13-24(23)32-3/h1,5-13,20,22H,14-19H2,2-3H3,(H,28,30)(H,29,31). The summed E-state index contributed by atoms with van der Waals surface area (Å²) in [6, 6.07) is 17.3. The van der Waals surface area contributed by atoms with Gasteiger partial charge in [-0.1, -0.05) is 48.4 Å². The van der Waals surface area contributed by atoms with Crippen LogP contribution in [0.2, 0.25) is 0 Å². The summed E-state index contributed by atoms with van der Waals surface area (Å²) < 4.78 is 16.2. The number of ether oxygens (including phenoxy) is 3. The average molecular weight is 465 g/mol. The fraction of sp³-hybridized carbons (Fsp3) is 0.407. The lowest BCUT2D eigenvalue weighted by atomic mass is 9.68. The van der Waals surface area contributed by atoms with Crippen molar-refractivity contribution in [2.24, 2.45) is 0 Å². The molecule has 0 heterocycles. The SMILES string of the molecule is C#CCOC(C)NC(=O)OC1CCC(CNC(=O)c2ccccc2OC)(c2ccccc2)CC1. The van der Waals surface area contributed by atoms with Crippen LogP contribution in [0.3, 0.4) is 0 Å². The minimum absolute atomic E-state index is 0.116. The third-order valence-electron chi connectivity index (χ3n) is 6.23.